The highest BCUT2D eigenvalue weighted by Crippen LogP contribution is 2.34. The average Bonchev–Trinajstić information content (AvgIpc) is 3.20. The number of nitrogens with two attached hydrogens (primary N) is 1. The molecule has 0 unspecified atom stereocenters. The third-order valence-electron chi connectivity index (χ3n) is 5.25. The molecule has 3 N–H and O–H groups in total. The number of benzene rings is 2. The Labute approximate surface area is 189 Å². The average molecular weight is 465 g/mol. The van der Waals surface area contributed by atoms with E-state index in [0.29, 0.717) is 53.7 Å². The second kappa shape index (κ2) is 9.65. The van der Waals surface area contributed by atoms with E-state index in [1.54, 1.807) is 25.1 Å². The summed E-state index contributed by atoms with van der Waals surface area (Å²) in [5.41, 5.74) is 6.81. The van der Waals surface area contributed by atoms with Crippen molar-refractivity contribution in [3.63, 3.8) is 0 Å². The van der Waals surface area contributed by atoms with E-state index in [4.69, 9.17) is 17.3 Å². The van der Waals surface area contributed by atoms with Crippen molar-refractivity contribution in [1.82, 2.24) is 10.2 Å². The zero-order valence-electron chi connectivity index (χ0n) is 17.5. The number of alkyl halides is 3. The second-order valence-electron chi connectivity index (χ2n) is 7.82. The van der Waals surface area contributed by atoms with Gasteiger partial charge in [0.2, 0.25) is 0 Å². The number of aliphatic imine (C=N–C) groups is 1. The van der Waals surface area contributed by atoms with Gasteiger partial charge >= 0.3 is 6.18 Å². The fourth-order valence-corrected chi connectivity index (χ4v) is 3.70. The van der Waals surface area contributed by atoms with Crippen LogP contribution in [0.3, 0.4) is 0 Å². The van der Waals surface area contributed by atoms with E-state index in [1.807, 2.05) is 0 Å². The molecule has 0 aromatic heterocycles. The number of likely N-dealkylation sites (tertiary alicyclic amines) is 1. The molecule has 1 aliphatic rings. The smallest absolute Gasteiger partial charge is 0.397 e. The monoisotopic (exact) mass is 464 g/mol. The Kier molecular flexibility index (Phi) is 7.13. The topological polar surface area (TPSA) is 70.7 Å². The van der Waals surface area contributed by atoms with Gasteiger partial charge in [0.15, 0.2) is 0 Å². The number of nitrogens with zero attached hydrogens (tertiary/aromatic N) is 2. The van der Waals surface area contributed by atoms with Gasteiger partial charge in [0.25, 0.3) is 5.91 Å². The number of allylic oxidation sites excluding steroid dienone is 1. The Morgan fingerprint density at radius 1 is 1.34 bits per heavy atom. The fourth-order valence-electron chi connectivity index (χ4n) is 3.53. The zero-order valence-corrected chi connectivity index (χ0v) is 18.3. The first-order valence-electron chi connectivity index (χ1n) is 10.0. The zero-order chi connectivity index (χ0) is 23.5. The van der Waals surface area contributed by atoms with E-state index >= 15 is 0 Å². The van der Waals surface area contributed by atoms with Crippen LogP contribution in [0.2, 0.25) is 5.02 Å². The summed E-state index contributed by atoms with van der Waals surface area (Å²) in [4.78, 5) is 18.6. The SMILES string of the molecule is C=C(/C=N\c1cc(Cl)ccc1N)NC[C@@H]1CCN(C(=O)c2cc(C)ccc2C(F)(F)F)C1. The highest BCUT2D eigenvalue weighted by Gasteiger charge is 2.37. The first-order chi connectivity index (χ1) is 15.0. The number of rotatable bonds is 6. The lowest BCUT2D eigenvalue weighted by Crippen LogP contribution is -2.32. The van der Waals surface area contributed by atoms with Crippen LogP contribution in [0.25, 0.3) is 0 Å². The first kappa shape index (κ1) is 23.7. The van der Waals surface area contributed by atoms with Crippen molar-refractivity contribution in [3.8, 4) is 0 Å². The molecular weight excluding hydrogens is 441 g/mol. The lowest BCUT2D eigenvalue weighted by atomic mass is 10.0. The van der Waals surface area contributed by atoms with E-state index in [0.717, 1.165) is 6.07 Å². The Bertz CT molecular complexity index is 1050. The largest absolute Gasteiger partial charge is 0.417 e. The minimum absolute atomic E-state index is 0.0829. The van der Waals surface area contributed by atoms with Gasteiger partial charge in [-0.2, -0.15) is 13.2 Å². The quantitative estimate of drug-likeness (QED) is 0.455. The van der Waals surface area contributed by atoms with Crippen molar-refractivity contribution >= 4 is 35.1 Å². The maximum atomic E-state index is 13.3. The molecule has 32 heavy (non-hydrogen) atoms. The first-order valence-corrected chi connectivity index (χ1v) is 10.4. The summed E-state index contributed by atoms with van der Waals surface area (Å²) in [6.45, 7) is 6.83. The summed E-state index contributed by atoms with van der Waals surface area (Å²) in [5.74, 6) is -0.514. The van der Waals surface area contributed by atoms with Crippen molar-refractivity contribution in [2.45, 2.75) is 19.5 Å². The van der Waals surface area contributed by atoms with Gasteiger partial charge in [-0.05, 0) is 49.6 Å². The van der Waals surface area contributed by atoms with Crippen LogP contribution in [0.1, 0.15) is 27.9 Å². The molecule has 5 nitrogen and oxygen atoms in total. The molecule has 0 radical (unpaired) electrons. The number of hydrogen-bond donors (Lipinski definition) is 2. The molecule has 3 rings (SSSR count). The van der Waals surface area contributed by atoms with Gasteiger partial charge in [-0.3, -0.25) is 9.79 Å². The number of carbonyl (C=O) groups excluding carboxylic acids is 1. The molecule has 0 spiro atoms. The van der Waals surface area contributed by atoms with Crippen LogP contribution >= 0.6 is 11.6 Å². The van der Waals surface area contributed by atoms with Crippen molar-refractivity contribution < 1.29 is 18.0 Å². The number of aryl methyl sites for hydroxylation is 1. The minimum atomic E-state index is -4.58. The van der Waals surface area contributed by atoms with Gasteiger partial charge in [-0.25, -0.2) is 0 Å². The third kappa shape index (κ3) is 5.82. The standard InChI is InChI=1S/C23H24ClF3N4O/c1-14-3-5-19(23(25,26)27)18(9-14)22(32)31-8-7-16(13-31)12-29-15(2)11-30-21-10-17(24)4-6-20(21)28/h3-6,9-11,16,29H,2,7-8,12-13,28H2,1H3/b30-11-/t16-/m0/s1. The number of carbonyl (C=O) groups is 1. The van der Waals surface area contributed by atoms with Crippen LogP contribution in [0.5, 0.6) is 0 Å². The molecule has 1 atom stereocenters. The number of nitrogen functional groups attached to an aromatic ring is 1. The molecule has 2 aromatic carbocycles. The van der Waals surface area contributed by atoms with Gasteiger partial charge < -0.3 is 16.0 Å². The van der Waals surface area contributed by atoms with Crippen molar-refractivity contribution in [1.29, 1.82) is 0 Å². The highest BCUT2D eigenvalue weighted by molar-refractivity contribution is 6.31. The third-order valence-corrected chi connectivity index (χ3v) is 5.49. The Hall–Kier alpha value is -3.00. The molecule has 1 heterocycles. The normalized spacial score (nSPS) is 16.5. The van der Waals surface area contributed by atoms with E-state index in [2.05, 4.69) is 16.9 Å². The van der Waals surface area contributed by atoms with Crippen LogP contribution < -0.4 is 11.1 Å². The number of hydrogen-bond acceptors (Lipinski definition) is 4. The van der Waals surface area contributed by atoms with Gasteiger partial charge in [-0.1, -0.05) is 29.8 Å². The molecule has 1 amide bonds. The van der Waals surface area contributed by atoms with Crippen LogP contribution in [0.4, 0.5) is 24.5 Å². The summed E-state index contributed by atoms with van der Waals surface area (Å²) >= 11 is 5.94. The van der Waals surface area contributed by atoms with Crippen molar-refractivity contribution in [3.05, 3.63) is 70.4 Å². The van der Waals surface area contributed by atoms with E-state index < -0.39 is 17.6 Å². The highest BCUT2D eigenvalue weighted by atomic mass is 35.5. The summed E-state index contributed by atoms with van der Waals surface area (Å²) in [5, 5.41) is 3.65. The predicted molar refractivity (Wildman–Crippen MR) is 121 cm³/mol. The Morgan fingerprint density at radius 2 is 2.09 bits per heavy atom. The molecule has 1 saturated heterocycles. The van der Waals surface area contributed by atoms with E-state index in [-0.39, 0.29) is 11.5 Å². The summed E-state index contributed by atoms with van der Waals surface area (Å²) < 4.78 is 40.0. The van der Waals surface area contributed by atoms with Crippen LogP contribution in [-0.4, -0.2) is 36.7 Å². The molecule has 170 valence electrons. The summed E-state index contributed by atoms with van der Waals surface area (Å²) in [7, 11) is 0. The van der Waals surface area contributed by atoms with E-state index in [1.165, 1.54) is 23.2 Å². The summed E-state index contributed by atoms with van der Waals surface area (Å²) in [6.07, 6.45) is -2.37. The van der Waals surface area contributed by atoms with Crippen molar-refractivity contribution in [2.24, 2.45) is 10.9 Å². The fraction of sp³-hybridized carbons (Fsp3) is 0.304. The number of anilines is 1. The molecule has 0 aliphatic carbocycles. The number of amides is 1. The second-order valence-corrected chi connectivity index (χ2v) is 8.26. The van der Waals surface area contributed by atoms with Gasteiger partial charge in [-0.15, -0.1) is 0 Å². The van der Waals surface area contributed by atoms with E-state index in [9.17, 15) is 18.0 Å². The maximum absolute atomic E-state index is 13.3. The maximum Gasteiger partial charge on any atom is 0.417 e. The molecule has 1 fully saturated rings. The molecule has 0 saturated carbocycles. The molecular formula is C23H24ClF3N4O. The van der Waals surface area contributed by atoms with Crippen LogP contribution in [0.15, 0.2) is 53.7 Å². The molecule has 2 aromatic rings. The van der Waals surface area contributed by atoms with Gasteiger partial charge in [0.1, 0.15) is 0 Å². The van der Waals surface area contributed by atoms with Crippen molar-refractivity contribution in [2.75, 3.05) is 25.4 Å². The predicted octanol–water partition coefficient (Wildman–Crippen LogP) is 5.22. The summed E-state index contributed by atoms with van der Waals surface area (Å²) in [6, 6.07) is 8.60. The van der Waals surface area contributed by atoms with Crippen LogP contribution in [-0.2, 0) is 6.18 Å². The van der Waals surface area contributed by atoms with Gasteiger partial charge in [0, 0.05) is 30.4 Å². The van der Waals surface area contributed by atoms with Crippen LogP contribution in [0, 0.1) is 12.8 Å². The molecule has 1 aliphatic heterocycles. The lowest BCUT2D eigenvalue weighted by molar-refractivity contribution is -0.138. The Balaban J connectivity index is 1.58. The molecule has 0 bridgehead atoms. The van der Waals surface area contributed by atoms with Gasteiger partial charge in [0.05, 0.1) is 28.7 Å². The number of nitrogens with one attached hydrogen (secondary N) is 1. The minimum Gasteiger partial charge on any atom is -0.397 e. The molecule has 9 heteroatoms. The lowest BCUT2D eigenvalue weighted by Gasteiger charge is -2.20. The number of halogens is 4. The Morgan fingerprint density at radius 3 is 2.81 bits per heavy atom.